The van der Waals surface area contributed by atoms with E-state index in [-0.39, 0.29) is 17.7 Å². The van der Waals surface area contributed by atoms with Crippen molar-refractivity contribution < 1.29 is 14.3 Å². The first kappa shape index (κ1) is 23.9. The van der Waals surface area contributed by atoms with Crippen molar-refractivity contribution in [2.45, 2.75) is 11.3 Å². The first-order chi connectivity index (χ1) is 16.4. The van der Waals surface area contributed by atoms with Gasteiger partial charge in [-0.15, -0.1) is 11.3 Å². The monoisotopic (exact) mass is 512 g/mol. The summed E-state index contributed by atoms with van der Waals surface area (Å²) in [5, 5.41) is 9.08. The van der Waals surface area contributed by atoms with E-state index in [9.17, 15) is 9.59 Å². The summed E-state index contributed by atoms with van der Waals surface area (Å²) in [6.07, 6.45) is 0. The molecule has 174 valence electrons. The highest BCUT2D eigenvalue weighted by Crippen LogP contribution is 2.31. The Morgan fingerprint density at radius 1 is 1.03 bits per heavy atom. The molecule has 0 aliphatic rings. The smallest absolute Gasteiger partial charge is 0.323 e. The van der Waals surface area contributed by atoms with E-state index in [1.807, 2.05) is 19.1 Å². The largest absolute Gasteiger partial charge is 0.497 e. The molecule has 1 aromatic heterocycles. The van der Waals surface area contributed by atoms with Crippen LogP contribution in [0.5, 0.6) is 5.75 Å². The summed E-state index contributed by atoms with van der Waals surface area (Å²) < 4.78 is 6.80. The normalized spacial score (nSPS) is 10.7. The summed E-state index contributed by atoms with van der Waals surface area (Å²) >= 11 is 8.94. The van der Waals surface area contributed by atoms with Crippen molar-refractivity contribution in [1.29, 1.82) is 0 Å². The number of nitrogens with one attached hydrogen (secondary N) is 3. The Balaban J connectivity index is 1.34. The lowest BCUT2D eigenvalue weighted by molar-refractivity contribution is -0.113. The molecule has 10 heteroatoms. The fourth-order valence-corrected chi connectivity index (χ4v) is 5.15. The number of benzene rings is 3. The van der Waals surface area contributed by atoms with Crippen molar-refractivity contribution >= 4 is 73.9 Å². The number of nitrogens with zero attached hydrogens (tertiary/aromatic N) is 1. The van der Waals surface area contributed by atoms with Gasteiger partial charge in [-0.25, -0.2) is 9.78 Å². The fraction of sp³-hybridized carbons (Fsp3) is 0.125. The summed E-state index contributed by atoms with van der Waals surface area (Å²) in [5.74, 6) is 0.843. The molecule has 3 N–H and O–H groups in total. The Morgan fingerprint density at radius 3 is 2.56 bits per heavy atom. The lowest BCUT2D eigenvalue weighted by Crippen LogP contribution is -2.19. The minimum atomic E-state index is -0.362. The number of carbonyl (C=O) groups excluding carboxylic acids is 2. The molecule has 0 aliphatic carbocycles. The zero-order valence-corrected chi connectivity index (χ0v) is 20.7. The minimum Gasteiger partial charge on any atom is -0.497 e. The molecular formula is C24H21ClN4O3S2. The molecule has 1 heterocycles. The lowest BCUT2D eigenvalue weighted by Gasteiger charge is -2.10. The standard InChI is InChI=1S/C24H21ClN4O3S2/c1-14-18(25)4-3-5-19(14)28-23(31)27-16-8-11-20-21(12-16)34-24(29-20)33-13-22(30)26-15-6-9-17(32-2)10-7-15/h3-12H,13H2,1-2H3,(H,26,30)(H2,27,28,31). The van der Waals surface area contributed by atoms with Gasteiger partial charge >= 0.3 is 6.03 Å². The number of methoxy groups -OCH3 is 1. The predicted octanol–water partition coefficient (Wildman–Crippen LogP) is 6.64. The molecule has 0 aliphatic heterocycles. The topological polar surface area (TPSA) is 92.3 Å². The third-order valence-electron chi connectivity index (χ3n) is 4.84. The summed E-state index contributed by atoms with van der Waals surface area (Å²) in [6, 6.07) is 17.6. The molecule has 3 aromatic carbocycles. The van der Waals surface area contributed by atoms with Crippen LogP contribution in [0.4, 0.5) is 21.9 Å². The van der Waals surface area contributed by atoms with Gasteiger partial charge in [-0.1, -0.05) is 29.4 Å². The number of fused-ring (bicyclic) bond motifs is 1. The molecule has 34 heavy (non-hydrogen) atoms. The van der Waals surface area contributed by atoms with Crippen LogP contribution >= 0.6 is 34.7 Å². The van der Waals surface area contributed by atoms with Gasteiger partial charge in [-0.3, -0.25) is 4.79 Å². The van der Waals surface area contributed by atoms with Crippen molar-refractivity contribution in [2.75, 3.05) is 28.8 Å². The number of amides is 3. The third kappa shape index (κ3) is 5.99. The van der Waals surface area contributed by atoms with Crippen molar-refractivity contribution in [3.8, 4) is 5.75 Å². The van der Waals surface area contributed by atoms with Crippen molar-refractivity contribution in [1.82, 2.24) is 4.98 Å². The highest BCUT2D eigenvalue weighted by Gasteiger charge is 2.11. The fourth-order valence-electron chi connectivity index (χ4n) is 3.07. The van der Waals surface area contributed by atoms with Crippen LogP contribution in [0.2, 0.25) is 5.02 Å². The number of hydrogen-bond acceptors (Lipinski definition) is 6. The number of urea groups is 1. The quantitative estimate of drug-likeness (QED) is 0.241. The van der Waals surface area contributed by atoms with Gasteiger partial charge in [-0.05, 0) is 67.1 Å². The van der Waals surface area contributed by atoms with Gasteiger partial charge in [0.2, 0.25) is 5.91 Å². The molecule has 0 unspecified atom stereocenters. The average molecular weight is 513 g/mol. The van der Waals surface area contributed by atoms with Gasteiger partial charge < -0.3 is 20.7 Å². The van der Waals surface area contributed by atoms with Crippen LogP contribution in [0.25, 0.3) is 10.2 Å². The number of aromatic nitrogens is 1. The van der Waals surface area contributed by atoms with E-state index in [0.29, 0.717) is 22.1 Å². The summed E-state index contributed by atoms with van der Waals surface area (Å²) in [4.78, 5) is 29.3. The molecule has 0 spiro atoms. The highest BCUT2D eigenvalue weighted by atomic mass is 35.5. The van der Waals surface area contributed by atoms with Crippen LogP contribution < -0.4 is 20.7 Å². The SMILES string of the molecule is COc1ccc(NC(=O)CSc2nc3ccc(NC(=O)Nc4cccc(Cl)c4C)cc3s2)cc1. The maximum atomic E-state index is 12.4. The van der Waals surface area contributed by atoms with Crippen LogP contribution in [-0.4, -0.2) is 29.8 Å². The van der Waals surface area contributed by atoms with E-state index in [2.05, 4.69) is 20.9 Å². The maximum absolute atomic E-state index is 12.4. The van der Waals surface area contributed by atoms with E-state index in [1.54, 1.807) is 55.6 Å². The molecule has 0 saturated carbocycles. The van der Waals surface area contributed by atoms with Crippen molar-refractivity contribution in [3.05, 3.63) is 71.2 Å². The number of anilines is 3. The van der Waals surface area contributed by atoms with Gasteiger partial charge in [0.25, 0.3) is 0 Å². The molecule has 0 fully saturated rings. The zero-order valence-electron chi connectivity index (χ0n) is 18.3. The van der Waals surface area contributed by atoms with E-state index in [0.717, 1.165) is 25.9 Å². The van der Waals surface area contributed by atoms with Crippen LogP contribution in [0, 0.1) is 6.92 Å². The second kappa shape index (κ2) is 10.8. The van der Waals surface area contributed by atoms with Gasteiger partial charge in [0, 0.05) is 22.1 Å². The maximum Gasteiger partial charge on any atom is 0.323 e. The predicted molar refractivity (Wildman–Crippen MR) is 141 cm³/mol. The zero-order chi connectivity index (χ0) is 24.1. The number of rotatable bonds is 7. The number of ether oxygens (including phenoxy) is 1. The molecule has 0 saturated heterocycles. The first-order valence-electron chi connectivity index (χ1n) is 10.2. The molecule has 3 amide bonds. The highest BCUT2D eigenvalue weighted by molar-refractivity contribution is 8.01. The number of thioether (sulfide) groups is 1. The van der Waals surface area contributed by atoms with E-state index < -0.39 is 0 Å². The number of hydrogen-bond donors (Lipinski definition) is 3. The van der Waals surface area contributed by atoms with E-state index in [1.165, 1.54) is 23.1 Å². The number of carbonyl (C=O) groups is 2. The van der Waals surface area contributed by atoms with Gasteiger partial charge in [0.1, 0.15) is 5.75 Å². The van der Waals surface area contributed by atoms with Gasteiger partial charge in [0.15, 0.2) is 4.34 Å². The summed E-state index contributed by atoms with van der Waals surface area (Å²) in [7, 11) is 1.60. The van der Waals surface area contributed by atoms with Crippen LogP contribution in [0.1, 0.15) is 5.56 Å². The van der Waals surface area contributed by atoms with E-state index >= 15 is 0 Å². The lowest BCUT2D eigenvalue weighted by atomic mass is 10.2. The Bertz CT molecular complexity index is 1340. The minimum absolute atomic E-state index is 0.121. The Morgan fingerprint density at radius 2 is 1.79 bits per heavy atom. The van der Waals surface area contributed by atoms with Gasteiger partial charge in [0.05, 0.1) is 23.1 Å². The van der Waals surface area contributed by atoms with E-state index in [4.69, 9.17) is 16.3 Å². The second-order valence-electron chi connectivity index (χ2n) is 7.22. The van der Waals surface area contributed by atoms with Gasteiger partial charge in [-0.2, -0.15) is 0 Å². The van der Waals surface area contributed by atoms with Crippen LogP contribution in [0.3, 0.4) is 0 Å². The molecule has 0 atom stereocenters. The molecule has 7 nitrogen and oxygen atoms in total. The Hall–Kier alpha value is -3.27. The molecule has 4 aromatic rings. The summed E-state index contributed by atoms with van der Waals surface area (Å²) in [5.41, 5.74) is 3.60. The third-order valence-corrected chi connectivity index (χ3v) is 7.41. The van der Waals surface area contributed by atoms with Crippen LogP contribution in [-0.2, 0) is 4.79 Å². The average Bonchev–Trinajstić information content (AvgIpc) is 3.23. The number of thiazole rings is 1. The summed E-state index contributed by atoms with van der Waals surface area (Å²) in [6.45, 7) is 1.85. The Labute approximate surface area is 209 Å². The second-order valence-corrected chi connectivity index (χ2v) is 9.88. The van der Waals surface area contributed by atoms with Crippen LogP contribution in [0.15, 0.2) is 65.0 Å². The molecule has 4 rings (SSSR count). The molecule has 0 bridgehead atoms. The first-order valence-corrected chi connectivity index (χ1v) is 12.4. The molecule has 0 radical (unpaired) electrons. The molecular weight excluding hydrogens is 492 g/mol. The number of halogens is 1. The van der Waals surface area contributed by atoms with Crippen molar-refractivity contribution in [3.63, 3.8) is 0 Å². The Kier molecular flexibility index (Phi) is 7.56. The van der Waals surface area contributed by atoms with Crippen molar-refractivity contribution in [2.24, 2.45) is 0 Å².